The fourth-order valence-corrected chi connectivity index (χ4v) is 2.71. The normalized spacial score (nSPS) is 22.9. The van der Waals surface area contributed by atoms with E-state index in [1.807, 2.05) is 0 Å². The van der Waals surface area contributed by atoms with Crippen LogP contribution in [-0.4, -0.2) is 63.9 Å². The number of carboxylic acids is 1. The van der Waals surface area contributed by atoms with Crippen molar-refractivity contribution in [3.05, 3.63) is 0 Å². The Morgan fingerprint density at radius 3 is 2.71 bits per heavy atom. The second kappa shape index (κ2) is 5.59. The molecule has 2 amide bonds. The molecule has 98 valence electrons. The van der Waals surface area contributed by atoms with Crippen molar-refractivity contribution >= 4 is 23.8 Å². The molecule has 1 fully saturated rings. The van der Waals surface area contributed by atoms with Gasteiger partial charge in [0.15, 0.2) is 5.60 Å². The lowest BCUT2D eigenvalue weighted by molar-refractivity contribution is -0.155. The van der Waals surface area contributed by atoms with Gasteiger partial charge in [-0.05, 0) is 19.1 Å². The van der Waals surface area contributed by atoms with Crippen molar-refractivity contribution in [1.29, 1.82) is 0 Å². The van der Waals surface area contributed by atoms with Crippen LogP contribution < -0.4 is 5.32 Å². The summed E-state index contributed by atoms with van der Waals surface area (Å²) in [6, 6.07) is -0.159. The third-order valence-electron chi connectivity index (χ3n) is 2.82. The Hall–Kier alpha value is -0.950. The van der Waals surface area contributed by atoms with Crippen molar-refractivity contribution in [1.82, 2.24) is 10.2 Å². The molecule has 0 bridgehead atoms. The predicted octanol–water partition coefficient (Wildman–Crippen LogP) is -0.0311. The van der Waals surface area contributed by atoms with Gasteiger partial charge in [0.1, 0.15) is 0 Å². The molecule has 0 aliphatic carbocycles. The number of aliphatic carboxylic acids is 1. The molecule has 0 aromatic rings. The van der Waals surface area contributed by atoms with Crippen LogP contribution in [0, 0.1) is 0 Å². The number of thioether (sulfide) groups is 1. The first-order chi connectivity index (χ1) is 7.84. The Morgan fingerprint density at radius 2 is 2.24 bits per heavy atom. The number of aliphatic hydroxyl groups is 1. The van der Waals surface area contributed by atoms with E-state index in [1.54, 1.807) is 23.7 Å². The summed E-state index contributed by atoms with van der Waals surface area (Å²) in [7, 11) is 1.68. The van der Waals surface area contributed by atoms with Gasteiger partial charge in [0.25, 0.3) is 0 Å². The lowest BCUT2D eigenvalue weighted by Crippen LogP contribution is -2.51. The molecule has 0 radical (unpaired) electrons. The van der Waals surface area contributed by atoms with E-state index in [9.17, 15) is 14.7 Å². The SMILES string of the molecule is CN(C(=O)NCC(C)(O)C(=O)O)C1CCSC1. The number of nitrogens with one attached hydrogen (secondary N) is 1. The van der Waals surface area contributed by atoms with Crippen LogP contribution in [0.3, 0.4) is 0 Å². The third kappa shape index (κ3) is 3.78. The van der Waals surface area contributed by atoms with Gasteiger partial charge >= 0.3 is 12.0 Å². The highest BCUT2D eigenvalue weighted by Crippen LogP contribution is 2.21. The fraction of sp³-hybridized carbons (Fsp3) is 0.800. The molecule has 6 nitrogen and oxygen atoms in total. The summed E-state index contributed by atoms with van der Waals surface area (Å²) in [5, 5.41) is 20.6. The Labute approximate surface area is 104 Å². The van der Waals surface area contributed by atoms with Crippen molar-refractivity contribution in [2.24, 2.45) is 0 Å². The number of amides is 2. The Kier molecular flexibility index (Phi) is 4.64. The first kappa shape index (κ1) is 14.1. The summed E-state index contributed by atoms with van der Waals surface area (Å²) in [6.07, 6.45) is 0.948. The van der Waals surface area contributed by atoms with E-state index in [4.69, 9.17) is 5.11 Å². The lowest BCUT2D eigenvalue weighted by Gasteiger charge is -2.26. The first-order valence-corrected chi connectivity index (χ1v) is 6.54. The summed E-state index contributed by atoms with van der Waals surface area (Å²) < 4.78 is 0. The van der Waals surface area contributed by atoms with Crippen LogP contribution in [0.5, 0.6) is 0 Å². The van der Waals surface area contributed by atoms with E-state index >= 15 is 0 Å². The largest absolute Gasteiger partial charge is 0.479 e. The molecule has 1 rings (SSSR count). The molecule has 7 heteroatoms. The zero-order valence-electron chi connectivity index (χ0n) is 9.97. The smallest absolute Gasteiger partial charge is 0.337 e. The van der Waals surface area contributed by atoms with Crippen molar-refractivity contribution < 1.29 is 19.8 Å². The third-order valence-corrected chi connectivity index (χ3v) is 3.96. The van der Waals surface area contributed by atoms with Crippen molar-refractivity contribution in [2.75, 3.05) is 25.1 Å². The highest BCUT2D eigenvalue weighted by atomic mass is 32.2. The zero-order chi connectivity index (χ0) is 13.1. The molecule has 0 spiro atoms. The summed E-state index contributed by atoms with van der Waals surface area (Å²) in [6.45, 7) is 0.854. The highest BCUT2D eigenvalue weighted by Gasteiger charge is 2.31. The molecule has 0 saturated carbocycles. The quantitative estimate of drug-likeness (QED) is 0.662. The van der Waals surface area contributed by atoms with E-state index in [1.165, 1.54) is 0 Å². The molecule has 2 atom stereocenters. The maximum atomic E-state index is 11.7. The summed E-state index contributed by atoms with van der Waals surface area (Å²) in [5.41, 5.74) is -1.93. The van der Waals surface area contributed by atoms with E-state index in [0.717, 1.165) is 24.9 Å². The predicted molar refractivity (Wildman–Crippen MR) is 65.2 cm³/mol. The minimum atomic E-state index is -1.93. The van der Waals surface area contributed by atoms with Gasteiger partial charge in [-0.1, -0.05) is 0 Å². The molecule has 0 aromatic heterocycles. The molecule has 2 unspecified atom stereocenters. The number of urea groups is 1. The average molecular weight is 262 g/mol. The molecule has 3 N–H and O–H groups in total. The van der Waals surface area contributed by atoms with Crippen LogP contribution in [-0.2, 0) is 4.79 Å². The van der Waals surface area contributed by atoms with E-state index < -0.39 is 11.6 Å². The maximum absolute atomic E-state index is 11.7. The molecule has 17 heavy (non-hydrogen) atoms. The van der Waals surface area contributed by atoms with Crippen LogP contribution in [0.15, 0.2) is 0 Å². The number of hydrogen-bond donors (Lipinski definition) is 3. The number of carbonyl (C=O) groups is 2. The van der Waals surface area contributed by atoms with E-state index in [-0.39, 0.29) is 18.6 Å². The second-order valence-corrected chi connectivity index (χ2v) is 5.52. The number of nitrogens with zero attached hydrogens (tertiary/aromatic N) is 1. The summed E-state index contributed by atoms with van der Waals surface area (Å²) in [4.78, 5) is 23.9. The Bertz CT molecular complexity index is 303. The zero-order valence-corrected chi connectivity index (χ0v) is 10.8. The van der Waals surface area contributed by atoms with Crippen molar-refractivity contribution in [3.8, 4) is 0 Å². The second-order valence-electron chi connectivity index (χ2n) is 4.37. The van der Waals surface area contributed by atoms with Crippen LogP contribution in [0.2, 0.25) is 0 Å². The number of carboxylic acid groups (broad SMARTS) is 1. The standard InChI is InChI=1S/C10H18N2O4S/c1-10(16,8(13)14)6-11-9(15)12(2)7-3-4-17-5-7/h7,16H,3-6H2,1-2H3,(H,11,15)(H,13,14). The average Bonchev–Trinajstić information content (AvgIpc) is 2.78. The van der Waals surface area contributed by atoms with Crippen LogP contribution in [0.1, 0.15) is 13.3 Å². The van der Waals surface area contributed by atoms with Crippen molar-refractivity contribution in [3.63, 3.8) is 0 Å². The van der Waals surface area contributed by atoms with Gasteiger partial charge in [0, 0.05) is 18.8 Å². The maximum Gasteiger partial charge on any atom is 0.337 e. The molecule has 0 aromatic carbocycles. The van der Waals surface area contributed by atoms with Gasteiger partial charge in [0.2, 0.25) is 0 Å². The Morgan fingerprint density at radius 1 is 1.59 bits per heavy atom. The van der Waals surface area contributed by atoms with Gasteiger partial charge in [0.05, 0.1) is 6.54 Å². The van der Waals surface area contributed by atoms with Gasteiger partial charge in [-0.15, -0.1) is 0 Å². The Balaban J connectivity index is 2.41. The highest BCUT2D eigenvalue weighted by molar-refractivity contribution is 7.99. The molecular formula is C10H18N2O4S. The molecule has 1 saturated heterocycles. The minimum absolute atomic E-state index is 0.190. The topological polar surface area (TPSA) is 89.9 Å². The van der Waals surface area contributed by atoms with Crippen LogP contribution in [0.25, 0.3) is 0 Å². The summed E-state index contributed by atoms with van der Waals surface area (Å²) >= 11 is 1.79. The van der Waals surface area contributed by atoms with Gasteiger partial charge in [-0.3, -0.25) is 0 Å². The van der Waals surface area contributed by atoms with Crippen LogP contribution >= 0.6 is 11.8 Å². The van der Waals surface area contributed by atoms with E-state index in [2.05, 4.69) is 5.32 Å². The number of hydrogen-bond acceptors (Lipinski definition) is 4. The molecular weight excluding hydrogens is 244 g/mol. The minimum Gasteiger partial charge on any atom is -0.479 e. The van der Waals surface area contributed by atoms with E-state index in [0.29, 0.717) is 0 Å². The summed E-state index contributed by atoms with van der Waals surface area (Å²) in [5.74, 6) is 0.589. The molecule has 1 aliphatic heterocycles. The first-order valence-electron chi connectivity index (χ1n) is 5.39. The van der Waals surface area contributed by atoms with Crippen molar-refractivity contribution in [2.45, 2.75) is 25.0 Å². The van der Waals surface area contributed by atoms with Crippen LogP contribution in [0.4, 0.5) is 4.79 Å². The molecule has 1 aliphatic rings. The number of carbonyl (C=O) groups excluding carboxylic acids is 1. The molecule has 1 heterocycles. The van der Waals surface area contributed by atoms with Gasteiger partial charge < -0.3 is 20.4 Å². The monoisotopic (exact) mass is 262 g/mol. The fourth-order valence-electron chi connectivity index (χ4n) is 1.44. The van der Waals surface area contributed by atoms with Gasteiger partial charge in [-0.25, -0.2) is 9.59 Å². The lowest BCUT2D eigenvalue weighted by atomic mass is 10.1. The van der Waals surface area contributed by atoms with Gasteiger partial charge in [-0.2, -0.15) is 11.8 Å². The number of rotatable bonds is 4.